The fourth-order valence-electron chi connectivity index (χ4n) is 1.97. The third-order valence-corrected chi connectivity index (χ3v) is 4.70. The summed E-state index contributed by atoms with van der Waals surface area (Å²) in [7, 11) is -3.75. The molecule has 0 atom stereocenters. The molecule has 2 aromatic carbocycles. The van der Waals surface area contributed by atoms with Gasteiger partial charge < -0.3 is 0 Å². The second-order valence-corrected chi connectivity index (χ2v) is 6.84. The minimum atomic E-state index is -3.75. The summed E-state index contributed by atoms with van der Waals surface area (Å²) in [5.41, 5.74) is 1.90. The molecule has 120 valence electrons. The van der Waals surface area contributed by atoms with Crippen molar-refractivity contribution in [3.05, 3.63) is 71.8 Å². The molecule has 2 rings (SSSR count). The maximum Gasteiger partial charge on any atom is 0.261 e. The Labute approximate surface area is 136 Å². The summed E-state index contributed by atoms with van der Waals surface area (Å²) in [6.07, 6.45) is 1.64. The van der Waals surface area contributed by atoms with Gasteiger partial charge in [-0.3, -0.25) is 9.52 Å². The standard InChI is InChI=1S/C18H19NO3S/c1-3-16(20)13-18(15-7-5-4-6-8-15)19-23(21,22)17-11-9-14(2)10-12-17/h4-13,19H,3H2,1-2H3/b18-13+. The summed E-state index contributed by atoms with van der Waals surface area (Å²) in [4.78, 5) is 11.9. The van der Waals surface area contributed by atoms with Crippen LogP contribution in [0.15, 0.2) is 65.6 Å². The summed E-state index contributed by atoms with van der Waals surface area (Å²) in [6.45, 7) is 3.62. The van der Waals surface area contributed by atoms with Crippen molar-refractivity contribution in [3.63, 3.8) is 0 Å². The highest BCUT2D eigenvalue weighted by atomic mass is 32.2. The van der Waals surface area contributed by atoms with Gasteiger partial charge in [0.15, 0.2) is 5.78 Å². The van der Waals surface area contributed by atoms with Crippen molar-refractivity contribution in [2.75, 3.05) is 0 Å². The van der Waals surface area contributed by atoms with Gasteiger partial charge in [-0.1, -0.05) is 55.0 Å². The second-order valence-electron chi connectivity index (χ2n) is 5.16. The van der Waals surface area contributed by atoms with Crippen molar-refractivity contribution >= 4 is 21.5 Å². The number of ketones is 1. The van der Waals surface area contributed by atoms with E-state index in [1.165, 1.54) is 6.08 Å². The van der Waals surface area contributed by atoms with Gasteiger partial charge in [0.2, 0.25) is 0 Å². The summed E-state index contributed by atoms with van der Waals surface area (Å²) >= 11 is 0. The Morgan fingerprint density at radius 1 is 1.04 bits per heavy atom. The van der Waals surface area contributed by atoms with Crippen molar-refractivity contribution < 1.29 is 13.2 Å². The number of sulfonamides is 1. The van der Waals surface area contributed by atoms with Gasteiger partial charge in [-0.15, -0.1) is 0 Å². The molecule has 4 nitrogen and oxygen atoms in total. The first-order valence-corrected chi connectivity index (χ1v) is 8.80. The largest absolute Gasteiger partial charge is 0.295 e. The normalized spacial score (nSPS) is 12.0. The average Bonchev–Trinajstić information content (AvgIpc) is 2.55. The number of hydrogen-bond donors (Lipinski definition) is 1. The molecule has 0 aliphatic carbocycles. The number of carbonyl (C=O) groups excluding carboxylic acids is 1. The van der Waals surface area contributed by atoms with Gasteiger partial charge in [-0.05, 0) is 24.6 Å². The average molecular weight is 329 g/mol. The number of allylic oxidation sites excluding steroid dienone is 1. The Kier molecular flexibility index (Phi) is 5.34. The predicted molar refractivity (Wildman–Crippen MR) is 91.2 cm³/mol. The van der Waals surface area contributed by atoms with E-state index in [1.807, 2.05) is 13.0 Å². The fourth-order valence-corrected chi connectivity index (χ4v) is 3.05. The summed E-state index contributed by atoms with van der Waals surface area (Å²) in [6, 6.07) is 15.5. The highest BCUT2D eigenvalue weighted by molar-refractivity contribution is 7.89. The molecular weight excluding hydrogens is 310 g/mol. The predicted octanol–water partition coefficient (Wildman–Crippen LogP) is 3.29. The van der Waals surface area contributed by atoms with Crippen molar-refractivity contribution in [2.45, 2.75) is 25.2 Å². The molecule has 2 aromatic rings. The zero-order valence-electron chi connectivity index (χ0n) is 13.1. The molecular formula is C18H19NO3S. The van der Waals surface area contributed by atoms with E-state index in [-0.39, 0.29) is 16.4 Å². The molecule has 1 N–H and O–H groups in total. The van der Waals surface area contributed by atoms with E-state index in [0.717, 1.165) is 5.56 Å². The van der Waals surface area contributed by atoms with Crippen LogP contribution in [0.1, 0.15) is 24.5 Å². The highest BCUT2D eigenvalue weighted by Gasteiger charge is 2.16. The summed E-state index contributed by atoms with van der Waals surface area (Å²) < 4.78 is 27.6. The van der Waals surface area contributed by atoms with Gasteiger partial charge >= 0.3 is 0 Å². The molecule has 23 heavy (non-hydrogen) atoms. The Balaban J connectivity index is 2.39. The topological polar surface area (TPSA) is 63.2 Å². The van der Waals surface area contributed by atoms with E-state index in [0.29, 0.717) is 12.0 Å². The molecule has 0 unspecified atom stereocenters. The number of carbonyl (C=O) groups is 1. The van der Waals surface area contributed by atoms with E-state index in [2.05, 4.69) is 4.72 Å². The second kappa shape index (κ2) is 7.24. The Bertz CT molecular complexity index is 807. The van der Waals surface area contributed by atoms with Gasteiger partial charge in [-0.2, -0.15) is 0 Å². The van der Waals surface area contributed by atoms with Crippen molar-refractivity contribution in [2.24, 2.45) is 0 Å². The zero-order chi connectivity index (χ0) is 16.9. The Morgan fingerprint density at radius 3 is 2.22 bits per heavy atom. The van der Waals surface area contributed by atoms with Crippen LogP contribution in [-0.2, 0) is 14.8 Å². The van der Waals surface area contributed by atoms with Crippen molar-refractivity contribution in [1.82, 2.24) is 4.72 Å². The van der Waals surface area contributed by atoms with E-state index < -0.39 is 10.0 Å². The van der Waals surface area contributed by atoms with Crippen LogP contribution in [0.25, 0.3) is 5.70 Å². The number of hydrogen-bond acceptors (Lipinski definition) is 3. The van der Waals surface area contributed by atoms with Crippen LogP contribution in [0.2, 0.25) is 0 Å². The van der Waals surface area contributed by atoms with Crippen LogP contribution >= 0.6 is 0 Å². The quantitative estimate of drug-likeness (QED) is 0.827. The first-order chi connectivity index (χ1) is 10.9. The smallest absolute Gasteiger partial charge is 0.261 e. The lowest BCUT2D eigenvalue weighted by Gasteiger charge is -2.12. The third-order valence-electron chi connectivity index (χ3n) is 3.31. The van der Waals surface area contributed by atoms with Gasteiger partial charge in [0.05, 0.1) is 10.6 Å². The van der Waals surface area contributed by atoms with E-state index >= 15 is 0 Å². The van der Waals surface area contributed by atoms with E-state index in [4.69, 9.17) is 0 Å². The number of nitrogens with one attached hydrogen (secondary N) is 1. The van der Waals surface area contributed by atoms with Crippen LogP contribution in [0, 0.1) is 6.92 Å². The minimum Gasteiger partial charge on any atom is -0.295 e. The summed E-state index contributed by atoms with van der Waals surface area (Å²) in [5.74, 6) is -0.143. The molecule has 0 aliphatic heterocycles. The third kappa shape index (κ3) is 4.53. The molecule has 0 radical (unpaired) electrons. The minimum absolute atomic E-state index is 0.143. The van der Waals surface area contributed by atoms with E-state index in [9.17, 15) is 13.2 Å². The first kappa shape index (κ1) is 17.0. The van der Waals surface area contributed by atoms with E-state index in [1.54, 1.807) is 55.5 Å². The van der Waals surface area contributed by atoms with Gasteiger partial charge in [-0.25, -0.2) is 8.42 Å². The molecule has 0 aromatic heterocycles. The molecule has 0 saturated heterocycles. The number of benzene rings is 2. The SMILES string of the molecule is CCC(=O)/C=C(/NS(=O)(=O)c1ccc(C)cc1)c1ccccc1. The van der Waals surface area contributed by atoms with Crippen molar-refractivity contribution in [1.29, 1.82) is 0 Å². The van der Waals surface area contributed by atoms with Crippen LogP contribution in [-0.4, -0.2) is 14.2 Å². The van der Waals surface area contributed by atoms with Crippen molar-refractivity contribution in [3.8, 4) is 0 Å². The van der Waals surface area contributed by atoms with Gasteiger partial charge in [0.1, 0.15) is 0 Å². The van der Waals surface area contributed by atoms with Gasteiger partial charge in [0.25, 0.3) is 10.0 Å². The summed E-state index contributed by atoms with van der Waals surface area (Å²) in [5, 5.41) is 0. The molecule has 5 heteroatoms. The number of rotatable bonds is 6. The molecule has 0 fully saturated rings. The number of aryl methyl sites for hydroxylation is 1. The zero-order valence-corrected chi connectivity index (χ0v) is 13.9. The van der Waals surface area contributed by atoms with Crippen LogP contribution in [0.5, 0.6) is 0 Å². The lowest BCUT2D eigenvalue weighted by atomic mass is 10.1. The van der Waals surface area contributed by atoms with Crippen LogP contribution in [0.4, 0.5) is 0 Å². The Hall–Kier alpha value is -2.40. The lowest BCUT2D eigenvalue weighted by molar-refractivity contribution is -0.114. The molecule has 0 heterocycles. The molecule has 0 amide bonds. The van der Waals surface area contributed by atoms with Crippen LogP contribution < -0.4 is 4.72 Å². The molecule has 0 aliphatic rings. The maximum absolute atomic E-state index is 12.5. The first-order valence-electron chi connectivity index (χ1n) is 7.32. The molecule has 0 saturated carbocycles. The maximum atomic E-state index is 12.5. The van der Waals surface area contributed by atoms with Crippen LogP contribution in [0.3, 0.4) is 0 Å². The molecule has 0 spiro atoms. The fraction of sp³-hybridized carbons (Fsp3) is 0.167. The molecule has 0 bridgehead atoms. The van der Waals surface area contributed by atoms with Gasteiger partial charge in [0, 0.05) is 12.5 Å². The highest BCUT2D eigenvalue weighted by Crippen LogP contribution is 2.17. The monoisotopic (exact) mass is 329 g/mol. The Morgan fingerprint density at radius 2 is 1.65 bits per heavy atom. The lowest BCUT2D eigenvalue weighted by Crippen LogP contribution is -2.23.